The van der Waals surface area contributed by atoms with Crippen LogP contribution in [0.25, 0.3) is 0 Å². The van der Waals surface area contributed by atoms with E-state index in [0.717, 1.165) is 0 Å². The third-order valence-electron chi connectivity index (χ3n) is 2.39. The molecule has 0 atom stereocenters. The van der Waals surface area contributed by atoms with Crippen LogP contribution < -0.4 is 5.32 Å². The van der Waals surface area contributed by atoms with Crippen molar-refractivity contribution >= 4 is 17.4 Å². The fourth-order valence-corrected chi connectivity index (χ4v) is 1.51. The van der Waals surface area contributed by atoms with Gasteiger partial charge in [-0.25, -0.2) is 0 Å². The minimum atomic E-state index is -0.204. The molecule has 0 aliphatic rings. The van der Waals surface area contributed by atoms with E-state index < -0.39 is 0 Å². The van der Waals surface area contributed by atoms with E-state index in [0.29, 0.717) is 16.9 Å². The second-order valence-corrected chi connectivity index (χ2v) is 3.85. The second-order valence-electron chi connectivity index (χ2n) is 3.85. The van der Waals surface area contributed by atoms with Gasteiger partial charge in [-0.2, -0.15) is 0 Å². The number of nitrogens with one attached hydrogen (secondary N) is 1. The van der Waals surface area contributed by atoms with Gasteiger partial charge in [0.25, 0.3) is 0 Å². The number of hydrogen-bond donors (Lipinski definition) is 1. The molecule has 0 fully saturated rings. The van der Waals surface area contributed by atoms with Gasteiger partial charge < -0.3 is 9.84 Å². The molecule has 0 saturated heterocycles. The zero-order valence-electron chi connectivity index (χ0n) is 9.84. The number of amides is 1. The lowest BCUT2D eigenvalue weighted by Gasteiger charge is -2.05. The Kier molecular flexibility index (Phi) is 3.52. The molecule has 0 aliphatic heterocycles. The summed E-state index contributed by atoms with van der Waals surface area (Å²) in [4.78, 5) is 22.9. The van der Waals surface area contributed by atoms with Crippen LogP contribution in [0.3, 0.4) is 0 Å². The van der Waals surface area contributed by atoms with E-state index in [2.05, 4.69) is 15.0 Å². The highest BCUT2D eigenvalue weighted by Gasteiger charge is 2.07. The number of benzene rings is 1. The van der Waals surface area contributed by atoms with E-state index in [1.807, 2.05) is 0 Å². The first-order valence-corrected chi connectivity index (χ1v) is 5.45. The monoisotopic (exact) mass is 244 g/mol. The van der Waals surface area contributed by atoms with Crippen molar-refractivity contribution in [3.63, 3.8) is 0 Å². The highest BCUT2D eigenvalue weighted by molar-refractivity contribution is 5.97. The van der Waals surface area contributed by atoms with Gasteiger partial charge in [0.15, 0.2) is 5.78 Å². The van der Waals surface area contributed by atoms with Gasteiger partial charge in [-0.15, -0.1) is 0 Å². The van der Waals surface area contributed by atoms with Gasteiger partial charge in [0, 0.05) is 17.3 Å². The molecule has 1 amide bonds. The Morgan fingerprint density at radius 1 is 1.33 bits per heavy atom. The van der Waals surface area contributed by atoms with Crippen LogP contribution in [-0.2, 0) is 11.2 Å². The molecule has 5 heteroatoms. The summed E-state index contributed by atoms with van der Waals surface area (Å²) in [5.41, 5.74) is 1.72. The van der Waals surface area contributed by atoms with Crippen LogP contribution in [0.15, 0.2) is 41.1 Å². The van der Waals surface area contributed by atoms with Gasteiger partial charge in [-0.05, 0) is 19.1 Å². The highest BCUT2D eigenvalue weighted by Crippen LogP contribution is 2.11. The highest BCUT2D eigenvalue weighted by atomic mass is 16.5. The van der Waals surface area contributed by atoms with Crippen molar-refractivity contribution in [3.8, 4) is 0 Å². The normalized spacial score (nSPS) is 10.1. The minimum absolute atomic E-state index is 0.0393. The Morgan fingerprint density at radius 2 is 2.17 bits per heavy atom. The van der Waals surface area contributed by atoms with Crippen molar-refractivity contribution in [2.24, 2.45) is 0 Å². The van der Waals surface area contributed by atoms with Crippen molar-refractivity contribution in [1.82, 2.24) is 5.16 Å². The Morgan fingerprint density at radius 3 is 2.83 bits per heavy atom. The summed E-state index contributed by atoms with van der Waals surface area (Å²) in [7, 11) is 0. The van der Waals surface area contributed by atoms with Crippen LogP contribution in [-0.4, -0.2) is 16.8 Å². The maximum atomic E-state index is 11.7. The van der Waals surface area contributed by atoms with Gasteiger partial charge in [0.05, 0.1) is 12.1 Å². The first-order valence-electron chi connectivity index (χ1n) is 5.45. The van der Waals surface area contributed by atoms with Gasteiger partial charge >= 0.3 is 0 Å². The molecule has 0 saturated carbocycles. The summed E-state index contributed by atoms with van der Waals surface area (Å²) in [6, 6.07) is 8.43. The van der Waals surface area contributed by atoms with Crippen LogP contribution in [0.4, 0.5) is 5.69 Å². The summed E-state index contributed by atoms with van der Waals surface area (Å²) in [5.74, 6) is -0.243. The number of hydrogen-bond acceptors (Lipinski definition) is 4. The standard InChI is InChI=1S/C13H12N2O3/c1-9(16)10-3-2-4-11(7-10)14-13(17)8-12-5-6-18-15-12/h2-7H,8H2,1H3,(H,14,17). The summed E-state index contributed by atoms with van der Waals surface area (Å²) >= 11 is 0. The van der Waals surface area contributed by atoms with Crippen LogP contribution in [0.2, 0.25) is 0 Å². The third-order valence-corrected chi connectivity index (χ3v) is 2.39. The number of ketones is 1. The fourth-order valence-electron chi connectivity index (χ4n) is 1.51. The maximum Gasteiger partial charge on any atom is 0.230 e. The van der Waals surface area contributed by atoms with E-state index in [-0.39, 0.29) is 18.1 Å². The molecule has 0 spiro atoms. The Bertz CT molecular complexity index is 561. The first-order chi connectivity index (χ1) is 8.65. The zero-order chi connectivity index (χ0) is 13.0. The van der Waals surface area contributed by atoms with E-state index in [1.165, 1.54) is 13.2 Å². The lowest BCUT2D eigenvalue weighted by Crippen LogP contribution is -2.14. The van der Waals surface area contributed by atoms with E-state index in [1.54, 1.807) is 30.3 Å². The SMILES string of the molecule is CC(=O)c1cccc(NC(=O)Cc2ccon2)c1. The quantitative estimate of drug-likeness (QED) is 0.835. The minimum Gasteiger partial charge on any atom is -0.364 e. The summed E-state index contributed by atoms with van der Waals surface area (Å²) in [6.45, 7) is 1.48. The van der Waals surface area contributed by atoms with Crippen LogP contribution >= 0.6 is 0 Å². The molecule has 1 N–H and O–H groups in total. The van der Waals surface area contributed by atoms with Crippen LogP contribution in [0.1, 0.15) is 23.0 Å². The van der Waals surface area contributed by atoms with Gasteiger partial charge in [-0.1, -0.05) is 17.3 Å². The molecule has 2 rings (SSSR count). The molecule has 1 heterocycles. The molecule has 2 aromatic rings. The van der Waals surface area contributed by atoms with Gasteiger partial charge in [-0.3, -0.25) is 9.59 Å². The predicted molar refractivity (Wildman–Crippen MR) is 65.3 cm³/mol. The number of nitrogens with zero attached hydrogens (tertiary/aromatic N) is 1. The predicted octanol–water partition coefficient (Wildman–Crippen LogP) is 2.06. The number of anilines is 1. The number of rotatable bonds is 4. The van der Waals surface area contributed by atoms with Crippen LogP contribution in [0, 0.1) is 0 Å². The number of Topliss-reactive ketones (excluding diaryl/α,β-unsaturated/α-hetero) is 1. The molecule has 0 unspecified atom stereocenters. The Balaban J connectivity index is 2.03. The number of aromatic nitrogens is 1. The van der Waals surface area contributed by atoms with E-state index in [4.69, 9.17) is 0 Å². The van der Waals surface area contributed by atoms with Crippen molar-refractivity contribution in [1.29, 1.82) is 0 Å². The topological polar surface area (TPSA) is 72.2 Å². The van der Waals surface area contributed by atoms with Crippen molar-refractivity contribution in [2.45, 2.75) is 13.3 Å². The smallest absolute Gasteiger partial charge is 0.230 e. The van der Waals surface area contributed by atoms with Gasteiger partial charge in [0.2, 0.25) is 5.91 Å². The molecule has 18 heavy (non-hydrogen) atoms. The summed E-state index contributed by atoms with van der Waals surface area (Å²) in [6.07, 6.45) is 1.56. The van der Waals surface area contributed by atoms with Crippen molar-refractivity contribution in [3.05, 3.63) is 47.9 Å². The number of carbonyl (C=O) groups is 2. The molecule has 1 aromatic heterocycles. The molecular formula is C13H12N2O3. The Labute approximate surface area is 104 Å². The molecule has 0 radical (unpaired) electrons. The fraction of sp³-hybridized carbons (Fsp3) is 0.154. The molecular weight excluding hydrogens is 232 g/mol. The third kappa shape index (κ3) is 3.04. The second kappa shape index (κ2) is 5.27. The average molecular weight is 244 g/mol. The lowest BCUT2D eigenvalue weighted by atomic mass is 10.1. The van der Waals surface area contributed by atoms with Crippen molar-refractivity contribution < 1.29 is 14.1 Å². The van der Waals surface area contributed by atoms with E-state index >= 15 is 0 Å². The molecule has 0 aliphatic carbocycles. The summed E-state index contributed by atoms with van der Waals surface area (Å²) in [5, 5.41) is 6.36. The maximum absolute atomic E-state index is 11.7. The molecule has 92 valence electrons. The van der Waals surface area contributed by atoms with Crippen LogP contribution in [0.5, 0.6) is 0 Å². The first kappa shape index (κ1) is 12.0. The summed E-state index contributed by atoms with van der Waals surface area (Å²) < 4.78 is 4.64. The molecule has 0 bridgehead atoms. The molecule has 1 aromatic carbocycles. The van der Waals surface area contributed by atoms with E-state index in [9.17, 15) is 9.59 Å². The zero-order valence-corrected chi connectivity index (χ0v) is 9.84. The Hall–Kier alpha value is -2.43. The average Bonchev–Trinajstić information content (AvgIpc) is 2.82. The van der Waals surface area contributed by atoms with Crippen molar-refractivity contribution in [2.75, 3.05) is 5.32 Å². The number of carbonyl (C=O) groups excluding carboxylic acids is 2. The van der Waals surface area contributed by atoms with Gasteiger partial charge in [0.1, 0.15) is 6.26 Å². The largest absolute Gasteiger partial charge is 0.364 e. The molecule has 5 nitrogen and oxygen atoms in total. The lowest BCUT2D eigenvalue weighted by molar-refractivity contribution is -0.115.